The van der Waals surface area contributed by atoms with E-state index in [1.807, 2.05) is 12.1 Å². The van der Waals surface area contributed by atoms with Crippen LogP contribution in [-0.4, -0.2) is 7.05 Å². The molecule has 2 N–H and O–H groups in total. The van der Waals surface area contributed by atoms with Crippen molar-refractivity contribution in [3.63, 3.8) is 0 Å². The molecule has 0 fully saturated rings. The van der Waals surface area contributed by atoms with E-state index < -0.39 is 0 Å². The molecule has 2 rings (SSSR count). The Balaban J connectivity index is 2.56. The molecule has 0 amide bonds. The normalized spacial score (nSPS) is 18.4. The highest BCUT2D eigenvalue weighted by molar-refractivity contribution is 5.72. The van der Waals surface area contributed by atoms with Crippen LogP contribution >= 0.6 is 0 Å². The Bertz CT molecular complexity index is 329. The molecule has 1 aromatic rings. The van der Waals surface area contributed by atoms with Gasteiger partial charge in [0.2, 0.25) is 0 Å². The Morgan fingerprint density at radius 1 is 1.33 bits per heavy atom. The smallest absolute Gasteiger partial charge is 0.0614 e. The van der Waals surface area contributed by atoms with Crippen LogP contribution in [0, 0.1) is 0 Å². The van der Waals surface area contributed by atoms with Crippen LogP contribution in [0.4, 0.5) is 11.4 Å². The predicted octanol–water partition coefficient (Wildman–Crippen LogP) is 1.95. The van der Waals surface area contributed by atoms with E-state index in [2.05, 4.69) is 31.9 Å². The van der Waals surface area contributed by atoms with Gasteiger partial charge >= 0.3 is 0 Å². The molecule has 64 valence electrons. The van der Waals surface area contributed by atoms with E-state index in [9.17, 15) is 0 Å². The van der Waals surface area contributed by atoms with Gasteiger partial charge in [-0.2, -0.15) is 0 Å². The average molecular weight is 162 g/mol. The van der Waals surface area contributed by atoms with Crippen LogP contribution in [-0.2, 0) is 5.54 Å². The molecule has 0 aromatic heterocycles. The van der Waals surface area contributed by atoms with E-state index in [1.165, 1.54) is 11.3 Å². The molecule has 1 heterocycles. The summed E-state index contributed by atoms with van der Waals surface area (Å²) >= 11 is 0. The van der Waals surface area contributed by atoms with Crippen LogP contribution in [0.5, 0.6) is 0 Å². The molecule has 1 aliphatic rings. The van der Waals surface area contributed by atoms with Crippen LogP contribution in [0.3, 0.4) is 0 Å². The Labute approximate surface area is 73.0 Å². The summed E-state index contributed by atoms with van der Waals surface area (Å²) in [6.45, 7) is 4.43. The standard InChI is InChI=1S/C10H14N2/c1-10(2)8-5-4-7(11)6-9(8)12(10)3/h4-6H,11H2,1-3H3. The molecule has 12 heavy (non-hydrogen) atoms. The zero-order valence-corrected chi connectivity index (χ0v) is 7.76. The van der Waals surface area contributed by atoms with Crippen molar-refractivity contribution in [1.82, 2.24) is 0 Å². The van der Waals surface area contributed by atoms with E-state index in [0.717, 1.165) is 5.69 Å². The molecule has 0 saturated heterocycles. The first kappa shape index (κ1) is 7.47. The highest BCUT2D eigenvalue weighted by Crippen LogP contribution is 2.46. The van der Waals surface area contributed by atoms with Gasteiger partial charge < -0.3 is 10.6 Å². The summed E-state index contributed by atoms with van der Waals surface area (Å²) < 4.78 is 0. The van der Waals surface area contributed by atoms with Gasteiger partial charge in [0.05, 0.1) is 5.54 Å². The van der Waals surface area contributed by atoms with Crippen molar-refractivity contribution in [3.8, 4) is 0 Å². The third kappa shape index (κ3) is 0.697. The van der Waals surface area contributed by atoms with Gasteiger partial charge in [-0.1, -0.05) is 6.07 Å². The number of hydrogen-bond donors (Lipinski definition) is 1. The van der Waals surface area contributed by atoms with Gasteiger partial charge in [0.15, 0.2) is 0 Å². The molecule has 0 unspecified atom stereocenters. The number of nitrogens with zero attached hydrogens (tertiary/aromatic N) is 1. The van der Waals surface area contributed by atoms with Crippen LogP contribution < -0.4 is 10.6 Å². The molecule has 0 saturated carbocycles. The maximum absolute atomic E-state index is 5.69. The van der Waals surface area contributed by atoms with Gasteiger partial charge in [-0.05, 0) is 26.0 Å². The third-order valence-corrected chi connectivity index (χ3v) is 2.88. The number of anilines is 2. The lowest BCUT2D eigenvalue weighted by molar-refractivity contribution is 0.463. The Morgan fingerprint density at radius 3 is 2.67 bits per heavy atom. The van der Waals surface area contributed by atoms with E-state index in [0.29, 0.717) is 0 Å². The fraction of sp³-hybridized carbons (Fsp3) is 0.400. The fourth-order valence-corrected chi connectivity index (χ4v) is 1.77. The minimum absolute atomic E-state index is 0.184. The summed E-state index contributed by atoms with van der Waals surface area (Å²) in [6, 6.07) is 6.11. The van der Waals surface area contributed by atoms with Crippen molar-refractivity contribution in [2.45, 2.75) is 19.4 Å². The van der Waals surface area contributed by atoms with Crippen molar-refractivity contribution in [2.24, 2.45) is 0 Å². The summed E-state index contributed by atoms with van der Waals surface area (Å²) in [5, 5.41) is 0. The summed E-state index contributed by atoms with van der Waals surface area (Å²) in [6.07, 6.45) is 0. The first-order valence-corrected chi connectivity index (χ1v) is 4.17. The molecule has 1 aliphatic heterocycles. The van der Waals surface area contributed by atoms with E-state index >= 15 is 0 Å². The predicted molar refractivity (Wildman–Crippen MR) is 52.3 cm³/mol. The monoisotopic (exact) mass is 162 g/mol. The van der Waals surface area contributed by atoms with Crippen molar-refractivity contribution >= 4 is 11.4 Å². The molecule has 2 heteroatoms. The van der Waals surface area contributed by atoms with Crippen molar-refractivity contribution in [1.29, 1.82) is 0 Å². The number of fused-ring (bicyclic) bond motifs is 1. The largest absolute Gasteiger partial charge is 0.399 e. The van der Waals surface area contributed by atoms with E-state index in [4.69, 9.17) is 5.73 Å². The van der Waals surface area contributed by atoms with Crippen LogP contribution in [0.2, 0.25) is 0 Å². The van der Waals surface area contributed by atoms with Crippen LogP contribution in [0.25, 0.3) is 0 Å². The van der Waals surface area contributed by atoms with Crippen molar-refractivity contribution in [2.75, 3.05) is 17.7 Å². The second-order valence-corrected chi connectivity index (χ2v) is 3.89. The molecule has 0 bridgehead atoms. The van der Waals surface area contributed by atoms with Gasteiger partial charge in [0, 0.05) is 24.0 Å². The Morgan fingerprint density at radius 2 is 2.00 bits per heavy atom. The van der Waals surface area contributed by atoms with Gasteiger partial charge in [-0.3, -0.25) is 0 Å². The highest BCUT2D eigenvalue weighted by atomic mass is 15.2. The average Bonchev–Trinajstić information content (AvgIpc) is 2.03. The maximum atomic E-state index is 5.69. The lowest BCUT2D eigenvalue weighted by Gasteiger charge is -2.49. The molecule has 0 spiro atoms. The Hall–Kier alpha value is -1.18. The van der Waals surface area contributed by atoms with Gasteiger partial charge in [0.25, 0.3) is 0 Å². The molecule has 0 atom stereocenters. The summed E-state index contributed by atoms with van der Waals surface area (Å²) in [5.74, 6) is 0. The number of nitrogen functional groups attached to an aromatic ring is 1. The topological polar surface area (TPSA) is 29.3 Å². The lowest BCUT2D eigenvalue weighted by Crippen LogP contribution is -2.48. The van der Waals surface area contributed by atoms with Gasteiger partial charge in [0.1, 0.15) is 0 Å². The molecular weight excluding hydrogens is 148 g/mol. The quantitative estimate of drug-likeness (QED) is 0.591. The first-order valence-electron chi connectivity index (χ1n) is 4.17. The summed E-state index contributed by atoms with van der Waals surface area (Å²) in [4.78, 5) is 2.25. The highest BCUT2D eigenvalue weighted by Gasteiger charge is 2.38. The SMILES string of the molecule is CN1c2cc(N)ccc2C1(C)C. The minimum atomic E-state index is 0.184. The van der Waals surface area contributed by atoms with Crippen LogP contribution in [0.1, 0.15) is 19.4 Å². The van der Waals surface area contributed by atoms with Gasteiger partial charge in [-0.25, -0.2) is 0 Å². The number of hydrogen-bond acceptors (Lipinski definition) is 2. The van der Waals surface area contributed by atoms with Crippen LogP contribution in [0.15, 0.2) is 18.2 Å². The maximum Gasteiger partial charge on any atom is 0.0614 e. The summed E-state index contributed by atoms with van der Waals surface area (Å²) in [5.41, 5.74) is 9.36. The Kier molecular flexibility index (Phi) is 1.21. The van der Waals surface area contributed by atoms with Crippen molar-refractivity contribution < 1.29 is 0 Å². The van der Waals surface area contributed by atoms with E-state index in [1.54, 1.807) is 0 Å². The number of nitrogens with two attached hydrogens (primary N) is 1. The molecular formula is C10H14N2. The second-order valence-electron chi connectivity index (χ2n) is 3.89. The molecule has 0 radical (unpaired) electrons. The molecule has 1 aromatic carbocycles. The lowest BCUT2D eigenvalue weighted by atomic mass is 9.82. The fourth-order valence-electron chi connectivity index (χ4n) is 1.77. The first-order chi connectivity index (χ1) is 5.53. The van der Waals surface area contributed by atoms with Crippen molar-refractivity contribution in [3.05, 3.63) is 23.8 Å². The minimum Gasteiger partial charge on any atom is -0.399 e. The number of benzene rings is 1. The third-order valence-electron chi connectivity index (χ3n) is 2.88. The number of rotatable bonds is 0. The van der Waals surface area contributed by atoms with Gasteiger partial charge in [-0.15, -0.1) is 0 Å². The summed E-state index contributed by atoms with van der Waals surface area (Å²) in [7, 11) is 2.10. The zero-order valence-electron chi connectivity index (χ0n) is 7.76. The second kappa shape index (κ2) is 1.94. The molecule has 2 nitrogen and oxygen atoms in total. The zero-order chi connectivity index (χ0) is 8.93. The molecule has 0 aliphatic carbocycles. The van der Waals surface area contributed by atoms with E-state index in [-0.39, 0.29) is 5.54 Å².